The monoisotopic (exact) mass is 241 g/mol. The molecule has 1 heterocycles. The number of nitrogen functional groups attached to an aromatic ring is 1. The summed E-state index contributed by atoms with van der Waals surface area (Å²) in [7, 11) is 0. The van der Waals surface area contributed by atoms with E-state index in [0.717, 1.165) is 23.7 Å². The predicted octanol–water partition coefficient (Wildman–Crippen LogP) is 3.20. The van der Waals surface area contributed by atoms with Crippen LogP contribution in [0.15, 0.2) is 30.6 Å². The van der Waals surface area contributed by atoms with Crippen LogP contribution in [0.3, 0.4) is 0 Å². The van der Waals surface area contributed by atoms with E-state index in [1.807, 2.05) is 18.5 Å². The van der Waals surface area contributed by atoms with Crippen LogP contribution in [0.2, 0.25) is 0 Å². The van der Waals surface area contributed by atoms with Crippen molar-refractivity contribution in [1.29, 1.82) is 0 Å². The van der Waals surface area contributed by atoms with Gasteiger partial charge in [-0.2, -0.15) is 0 Å². The number of aromatic nitrogens is 1. The molecule has 3 nitrogen and oxygen atoms in total. The second-order valence-corrected chi connectivity index (χ2v) is 5.02. The van der Waals surface area contributed by atoms with Crippen molar-refractivity contribution < 1.29 is 0 Å². The Morgan fingerprint density at radius 2 is 2.11 bits per heavy atom. The smallest absolute Gasteiger partial charge is 0.0451 e. The molecule has 0 radical (unpaired) electrons. The van der Waals surface area contributed by atoms with Crippen LogP contribution in [0.4, 0.5) is 11.4 Å². The Morgan fingerprint density at radius 1 is 1.28 bits per heavy atom. The van der Waals surface area contributed by atoms with E-state index in [-0.39, 0.29) is 0 Å². The van der Waals surface area contributed by atoms with Gasteiger partial charge in [-0.3, -0.25) is 4.98 Å². The fourth-order valence-corrected chi connectivity index (χ4v) is 2.57. The number of nitrogens with zero attached hydrogens (tertiary/aromatic N) is 2. The van der Waals surface area contributed by atoms with Crippen molar-refractivity contribution in [3.05, 3.63) is 30.6 Å². The highest BCUT2D eigenvalue weighted by Crippen LogP contribution is 2.37. The summed E-state index contributed by atoms with van der Waals surface area (Å²) in [6.45, 7) is 3.35. The number of hydrogen-bond acceptors (Lipinski definition) is 3. The summed E-state index contributed by atoms with van der Waals surface area (Å²) in [5.74, 6) is 0. The molecule has 2 N–H and O–H groups in total. The molecule has 3 heteroatoms. The molecule has 0 unspecified atom stereocenters. The zero-order chi connectivity index (χ0) is 12.5. The lowest BCUT2D eigenvalue weighted by molar-refractivity contribution is 0.766. The number of hydrogen-bond donors (Lipinski definition) is 1. The van der Waals surface area contributed by atoms with Gasteiger partial charge in [-0.1, -0.05) is 6.92 Å². The van der Waals surface area contributed by atoms with Crippen molar-refractivity contribution in [1.82, 2.24) is 4.98 Å². The van der Waals surface area contributed by atoms with Crippen molar-refractivity contribution in [2.24, 2.45) is 0 Å². The molecule has 0 bridgehead atoms. The number of fused-ring (bicyclic) bond motifs is 1. The summed E-state index contributed by atoms with van der Waals surface area (Å²) in [5, 5.41) is 2.29. The van der Waals surface area contributed by atoms with Gasteiger partial charge in [0.1, 0.15) is 0 Å². The molecule has 1 fully saturated rings. The van der Waals surface area contributed by atoms with Gasteiger partial charge in [0.25, 0.3) is 0 Å². The molecule has 18 heavy (non-hydrogen) atoms. The van der Waals surface area contributed by atoms with E-state index >= 15 is 0 Å². The van der Waals surface area contributed by atoms with Crippen LogP contribution in [0.1, 0.15) is 26.2 Å². The number of nitrogens with two attached hydrogens (primary N) is 1. The first kappa shape index (κ1) is 11.3. The Morgan fingerprint density at radius 3 is 2.83 bits per heavy atom. The van der Waals surface area contributed by atoms with Crippen molar-refractivity contribution in [2.75, 3.05) is 17.2 Å². The van der Waals surface area contributed by atoms with Gasteiger partial charge >= 0.3 is 0 Å². The maximum absolute atomic E-state index is 6.03. The van der Waals surface area contributed by atoms with Gasteiger partial charge in [-0.25, -0.2) is 0 Å². The number of rotatable bonds is 4. The molecule has 0 aliphatic heterocycles. The van der Waals surface area contributed by atoms with Crippen molar-refractivity contribution >= 4 is 22.1 Å². The maximum atomic E-state index is 6.03. The van der Waals surface area contributed by atoms with Crippen LogP contribution < -0.4 is 10.6 Å². The fraction of sp³-hybridized carbons (Fsp3) is 0.400. The standard InChI is InChI=1S/C15H19N3/c1-2-9-18(11-3-4-11)15-6-5-14(16)13-10-17-8-7-12(13)15/h5-8,10-11H,2-4,9,16H2,1H3. The molecule has 3 rings (SSSR count). The molecule has 1 aliphatic carbocycles. The number of pyridine rings is 1. The van der Waals surface area contributed by atoms with Crippen LogP contribution in [-0.2, 0) is 0 Å². The first-order valence-electron chi connectivity index (χ1n) is 6.70. The Kier molecular flexibility index (Phi) is 2.82. The minimum Gasteiger partial charge on any atom is -0.398 e. The Balaban J connectivity index is 2.12. The third kappa shape index (κ3) is 1.90. The Hall–Kier alpha value is -1.77. The van der Waals surface area contributed by atoms with E-state index in [2.05, 4.69) is 28.9 Å². The molecule has 1 saturated carbocycles. The molecule has 0 amide bonds. The minimum atomic E-state index is 0.727. The highest BCUT2D eigenvalue weighted by Gasteiger charge is 2.29. The topological polar surface area (TPSA) is 42.1 Å². The largest absolute Gasteiger partial charge is 0.398 e. The van der Waals surface area contributed by atoms with Crippen LogP contribution >= 0.6 is 0 Å². The quantitative estimate of drug-likeness (QED) is 0.836. The maximum Gasteiger partial charge on any atom is 0.0451 e. The number of benzene rings is 1. The highest BCUT2D eigenvalue weighted by atomic mass is 15.2. The Labute approximate surface area is 108 Å². The van der Waals surface area contributed by atoms with Gasteiger partial charge in [0, 0.05) is 47.1 Å². The van der Waals surface area contributed by atoms with E-state index in [4.69, 9.17) is 5.73 Å². The van der Waals surface area contributed by atoms with E-state index in [0.29, 0.717) is 0 Å². The third-order valence-corrected chi connectivity index (χ3v) is 3.59. The zero-order valence-corrected chi connectivity index (χ0v) is 10.8. The van der Waals surface area contributed by atoms with Gasteiger partial charge in [-0.05, 0) is 37.5 Å². The van der Waals surface area contributed by atoms with Gasteiger partial charge in [0.05, 0.1) is 0 Å². The SMILES string of the molecule is CCCN(c1ccc(N)c2cnccc12)C1CC1. The van der Waals surface area contributed by atoms with Crippen LogP contribution in [0, 0.1) is 0 Å². The van der Waals surface area contributed by atoms with Gasteiger partial charge in [0.15, 0.2) is 0 Å². The highest BCUT2D eigenvalue weighted by molar-refractivity contribution is 6.01. The van der Waals surface area contributed by atoms with Crippen LogP contribution in [0.25, 0.3) is 10.8 Å². The van der Waals surface area contributed by atoms with Crippen molar-refractivity contribution in [2.45, 2.75) is 32.2 Å². The molecular weight excluding hydrogens is 222 g/mol. The van der Waals surface area contributed by atoms with Gasteiger partial charge in [0.2, 0.25) is 0 Å². The summed E-state index contributed by atoms with van der Waals surface area (Å²) in [4.78, 5) is 6.71. The van der Waals surface area contributed by atoms with Crippen LogP contribution in [-0.4, -0.2) is 17.6 Å². The predicted molar refractivity (Wildman–Crippen MR) is 76.8 cm³/mol. The first-order chi connectivity index (χ1) is 8.81. The number of anilines is 2. The average molecular weight is 241 g/mol. The lowest BCUT2D eigenvalue weighted by Crippen LogP contribution is -2.26. The molecule has 1 aliphatic rings. The zero-order valence-electron chi connectivity index (χ0n) is 10.8. The lowest BCUT2D eigenvalue weighted by atomic mass is 10.1. The fourth-order valence-electron chi connectivity index (χ4n) is 2.57. The van der Waals surface area contributed by atoms with E-state index < -0.39 is 0 Å². The summed E-state index contributed by atoms with van der Waals surface area (Å²) < 4.78 is 0. The van der Waals surface area contributed by atoms with E-state index in [9.17, 15) is 0 Å². The van der Waals surface area contributed by atoms with E-state index in [1.54, 1.807) is 0 Å². The summed E-state index contributed by atoms with van der Waals surface area (Å²) in [6, 6.07) is 6.96. The Bertz CT molecular complexity index is 561. The second kappa shape index (κ2) is 4.48. The molecular formula is C15H19N3. The summed E-state index contributed by atoms with van der Waals surface area (Å²) in [6.07, 6.45) is 7.52. The first-order valence-corrected chi connectivity index (χ1v) is 6.70. The van der Waals surface area contributed by atoms with E-state index in [1.165, 1.54) is 30.3 Å². The molecule has 0 saturated heterocycles. The molecule has 1 aromatic heterocycles. The average Bonchev–Trinajstić information content (AvgIpc) is 3.22. The molecule has 94 valence electrons. The molecule has 0 spiro atoms. The summed E-state index contributed by atoms with van der Waals surface area (Å²) in [5.41, 5.74) is 8.16. The minimum absolute atomic E-state index is 0.727. The molecule has 2 aromatic rings. The van der Waals surface area contributed by atoms with Crippen molar-refractivity contribution in [3.8, 4) is 0 Å². The molecule has 0 atom stereocenters. The van der Waals surface area contributed by atoms with Gasteiger partial charge < -0.3 is 10.6 Å². The summed E-state index contributed by atoms with van der Waals surface area (Å²) >= 11 is 0. The van der Waals surface area contributed by atoms with Gasteiger partial charge in [-0.15, -0.1) is 0 Å². The third-order valence-electron chi connectivity index (χ3n) is 3.59. The normalized spacial score (nSPS) is 14.9. The lowest BCUT2D eigenvalue weighted by Gasteiger charge is -2.26. The second-order valence-electron chi connectivity index (χ2n) is 5.02. The molecule has 1 aromatic carbocycles. The van der Waals surface area contributed by atoms with Crippen LogP contribution in [0.5, 0.6) is 0 Å². The van der Waals surface area contributed by atoms with Crippen molar-refractivity contribution in [3.63, 3.8) is 0 Å².